The van der Waals surface area contributed by atoms with Crippen LogP contribution in [0.5, 0.6) is 5.75 Å². The summed E-state index contributed by atoms with van der Waals surface area (Å²) in [6.07, 6.45) is 0.745. The van der Waals surface area contributed by atoms with Crippen LogP contribution in [-0.4, -0.2) is 55.8 Å². The minimum absolute atomic E-state index is 0.0632. The average Bonchev–Trinajstić information content (AvgIpc) is 3.10. The van der Waals surface area contributed by atoms with Crippen LogP contribution in [0.3, 0.4) is 0 Å². The van der Waals surface area contributed by atoms with Gasteiger partial charge in [-0.05, 0) is 42.8 Å². The lowest BCUT2D eigenvalue weighted by atomic mass is 9.75. The molecule has 1 saturated heterocycles. The van der Waals surface area contributed by atoms with Crippen LogP contribution in [0.1, 0.15) is 40.2 Å². The minimum atomic E-state index is -1.92. The van der Waals surface area contributed by atoms with Crippen LogP contribution in [0.2, 0.25) is 18.1 Å². The van der Waals surface area contributed by atoms with Crippen LogP contribution < -0.4 is 4.74 Å². The van der Waals surface area contributed by atoms with Crippen molar-refractivity contribution in [3.8, 4) is 5.75 Å². The molecule has 7 nitrogen and oxygen atoms in total. The normalized spacial score (nSPS) is 27.4. The van der Waals surface area contributed by atoms with Crippen molar-refractivity contribution in [1.82, 2.24) is 0 Å². The highest BCUT2D eigenvalue weighted by atomic mass is 28.4. The van der Waals surface area contributed by atoms with E-state index in [1.807, 2.05) is 26.0 Å². The molecule has 1 fully saturated rings. The van der Waals surface area contributed by atoms with Gasteiger partial charge in [-0.2, -0.15) is 4.79 Å². The Morgan fingerprint density at radius 3 is 2.27 bits per heavy atom. The number of aliphatic hydroxyl groups is 1. The maximum Gasteiger partial charge on any atom is 0.529 e. The fourth-order valence-electron chi connectivity index (χ4n) is 5.49. The molecular weight excluding hydrogens is 438 g/mol. The zero-order valence-electron chi connectivity index (χ0n) is 20.7. The summed E-state index contributed by atoms with van der Waals surface area (Å²) in [5.41, 5.74) is 1.51. The Kier molecular flexibility index (Phi) is 7.83. The predicted octanol–water partition coefficient (Wildman–Crippen LogP) is 4.61. The summed E-state index contributed by atoms with van der Waals surface area (Å²) in [4.78, 5) is 26.9. The number of hydrogen-bond donors (Lipinski definition) is 1. The second kappa shape index (κ2) is 10.1. The van der Waals surface area contributed by atoms with Gasteiger partial charge < -0.3 is 19.0 Å². The second-order valence-corrected chi connectivity index (χ2v) is 14.0. The van der Waals surface area contributed by atoms with Crippen molar-refractivity contribution in [2.24, 2.45) is 11.8 Å². The molecule has 33 heavy (non-hydrogen) atoms. The quantitative estimate of drug-likeness (QED) is 0.302. The Morgan fingerprint density at radius 2 is 1.76 bits per heavy atom. The number of ether oxygens (including phenoxy) is 2. The van der Waals surface area contributed by atoms with Gasteiger partial charge in [-0.3, -0.25) is 0 Å². The van der Waals surface area contributed by atoms with Crippen molar-refractivity contribution >= 4 is 20.3 Å². The van der Waals surface area contributed by atoms with Crippen molar-refractivity contribution in [3.05, 3.63) is 41.6 Å². The van der Waals surface area contributed by atoms with Crippen LogP contribution in [0.15, 0.2) is 36.0 Å². The Morgan fingerprint density at radius 1 is 1.15 bits per heavy atom. The summed E-state index contributed by atoms with van der Waals surface area (Å²) in [6, 6.07) is 9.93. The molecule has 1 aromatic carbocycles. The van der Waals surface area contributed by atoms with Crippen LogP contribution in [0.4, 0.5) is 4.79 Å². The molecule has 2 amide bonds. The van der Waals surface area contributed by atoms with Crippen molar-refractivity contribution in [3.63, 3.8) is 0 Å². The third-order valence-corrected chi connectivity index (χ3v) is 12.6. The molecule has 2 aliphatic rings. The second-order valence-electron chi connectivity index (χ2n) is 9.25. The lowest BCUT2D eigenvalue weighted by Crippen LogP contribution is -2.76. The maximum absolute atomic E-state index is 13.6. The van der Waals surface area contributed by atoms with Crippen molar-refractivity contribution in [2.45, 2.75) is 71.5 Å². The number of amides is 2. The molecule has 0 aromatic heterocycles. The number of hydrogen-bond acceptors (Lipinski definition) is 6. The number of carbonyl (C=O) groups excluding carboxylic acids is 2. The van der Waals surface area contributed by atoms with E-state index in [2.05, 4.69) is 20.8 Å². The first kappa shape index (κ1) is 25.6. The summed E-state index contributed by atoms with van der Waals surface area (Å²) in [7, 11) is -0.324. The minimum Gasteiger partial charge on any atom is -0.497 e. The summed E-state index contributed by atoms with van der Waals surface area (Å²) >= 11 is 0. The average molecular weight is 477 g/mol. The third kappa shape index (κ3) is 4.29. The SMILES string of the molecule is CC[Si](CC)(CC)OC(C)[C@H]1C(=O)[N+]2(C(=O)OCc3ccc(OC)cc3)C=C(CO)[C@H](C)[C@@H]12. The first-order valence-corrected chi connectivity index (χ1v) is 14.5. The molecule has 0 aliphatic carbocycles. The van der Waals surface area contributed by atoms with Crippen molar-refractivity contribution < 1.29 is 33.1 Å². The molecule has 0 saturated carbocycles. The highest BCUT2D eigenvalue weighted by Crippen LogP contribution is 2.51. The van der Waals surface area contributed by atoms with E-state index in [4.69, 9.17) is 13.9 Å². The number of quaternary nitrogens is 1. The zero-order valence-corrected chi connectivity index (χ0v) is 21.7. The van der Waals surface area contributed by atoms with Gasteiger partial charge in [0.05, 0.1) is 19.8 Å². The molecule has 182 valence electrons. The Labute approximate surface area is 198 Å². The van der Waals surface area contributed by atoms with E-state index in [0.29, 0.717) is 5.57 Å². The Bertz CT molecular complexity index is 888. The lowest BCUT2D eigenvalue weighted by molar-refractivity contribution is -0.798. The standard InChI is InChI=1S/C25H38NO6Si/c1-7-33(8-2,9-3)32-18(5)22-23-17(4)20(15-27)14-26(23,24(22)28)25(29)31-16-19-10-12-21(30-6)13-11-19/h10-14,17-18,22-23,27H,7-9,15-16H2,1-6H3/q+1/t17-,18?,22+,23-,26?/m0/s1. The Balaban J connectivity index is 1.81. The van der Waals surface area contributed by atoms with Gasteiger partial charge in [-0.25, -0.2) is 4.79 Å². The number of nitrogens with zero attached hydrogens (tertiary/aromatic N) is 1. The van der Waals surface area contributed by atoms with E-state index in [1.54, 1.807) is 25.4 Å². The van der Waals surface area contributed by atoms with Crippen LogP contribution >= 0.6 is 0 Å². The zero-order chi connectivity index (χ0) is 24.4. The van der Waals surface area contributed by atoms with Gasteiger partial charge >= 0.3 is 12.0 Å². The van der Waals surface area contributed by atoms with Crippen LogP contribution in [0.25, 0.3) is 0 Å². The summed E-state index contributed by atoms with van der Waals surface area (Å²) in [6.45, 7) is 10.3. The summed E-state index contributed by atoms with van der Waals surface area (Å²) in [5, 5.41) is 9.89. The maximum atomic E-state index is 13.6. The molecule has 2 unspecified atom stereocenters. The van der Waals surface area contributed by atoms with Crippen molar-refractivity contribution in [1.29, 1.82) is 0 Å². The topological polar surface area (TPSA) is 82.1 Å². The lowest BCUT2D eigenvalue weighted by Gasteiger charge is -2.49. The van der Waals surface area contributed by atoms with E-state index < -0.39 is 24.8 Å². The van der Waals surface area contributed by atoms with E-state index in [0.717, 1.165) is 29.4 Å². The summed E-state index contributed by atoms with van der Waals surface area (Å²) in [5.74, 6) is 0.00820. The third-order valence-electron chi connectivity index (χ3n) is 7.84. The van der Waals surface area contributed by atoms with Gasteiger partial charge in [0.2, 0.25) is 0 Å². The van der Waals surface area contributed by atoms with Crippen LogP contribution in [-0.2, 0) is 20.6 Å². The van der Waals surface area contributed by atoms with Gasteiger partial charge in [0.25, 0.3) is 0 Å². The fourth-order valence-corrected chi connectivity index (χ4v) is 8.43. The van der Waals surface area contributed by atoms with Gasteiger partial charge in [-0.15, -0.1) is 4.48 Å². The fraction of sp³-hybridized carbons (Fsp3) is 0.600. The van der Waals surface area contributed by atoms with Gasteiger partial charge in [-0.1, -0.05) is 39.8 Å². The molecule has 2 aliphatic heterocycles. The van der Waals surface area contributed by atoms with E-state index in [1.165, 1.54) is 0 Å². The number of carbonyl (C=O) groups is 2. The molecular formula is C25H38NO6Si+. The molecule has 1 N–H and O–H groups in total. The first-order valence-electron chi connectivity index (χ1n) is 12.0. The highest BCUT2D eigenvalue weighted by Gasteiger charge is 2.75. The number of imide groups is 1. The van der Waals surface area contributed by atoms with E-state index >= 15 is 0 Å². The number of benzene rings is 1. The number of aliphatic hydroxyl groups excluding tert-OH is 1. The number of rotatable bonds is 10. The van der Waals surface area contributed by atoms with Gasteiger partial charge in [0.1, 0.15) is 24.6 Å². The molecule has 5 atom stereocenters. The number of β-lactam (4-membered cyclic amide) rings is 1. The molecule has 3 rings (SSSR count). The molecule has 0 bridgehead atoms. The molecule has 0 spiro atoms. The monoisotopic (exact) mass is 476 g/mol. The van der Waals surface area contributed by atoms with E-state index in [-0.39, 0.29) is 37.2 Å². The largest absolute Gasteiger partial charge is 0.529 e. The van der Waals surface area contributed by atoms with Crippen molar-refractivity contribution in [2.75, 3.05) is 13.7 Å². The molecule has 8 heteroatoms. The van der Waals surface area contributed by atoms with Gasteiger partial charge in [0.15, 0.2) is 14.2 Å². The van der Waals surface area contributed by atoms with E-state index in [9.17, 15) is 14.7 Å². The number of fused-ring (bicyclic) bond motifs is 1. The first-order chi connectivity index (χ1) is 15.7. The van der Waals surface area contributed by atoms with Gasteiger partial charge in [0, 0.05) is 11.5 Å². The molecule has 0 radical (unpaired) electrons. The Hall–Kier alpha value is -2.00. The molecule has 2 heterocycles. The smallest absolute Gasteiger partial charge is 0.497 e. The van der Waals surface area contributed by atoms with Crippen LogP contribution in [0, 0.1) is 11.8 Å². The summed E-state index contributed by atoms with van der Waals surface area (Å²) < 4.78 is 16.9. The highest BCUT2D eigenvalue weighted by molar-refractivity contribution is 6.73. The number of methoxy groups -OCH3 is 1. The molecule has 1 aromatic rings. The predicted molar refractivity (Wildman–Crippen MR) is 128 cm³/mol.